The SMILES string of the molecule is Cc1cc(NCc2ncc[nH]2)c2ncccc2c1. The first kappa shape index (κ1) is 10.8. The summed E-state index contributed by atoms with van der Waals surface area (Å²) in [5.74, 6) is 0.917. The number of anilines is 1. The van der Waals surface area contributed by atoms with Gasteiger partial charge in [-0.3, -0.25) is 4.98 Å². The largest absolute Gasteiger partial charge is 0.376 e. The number of hydrogen-bond acceptors (Lipinski definition) is 3. The third-order valence-electron chi connectivity index (χ3n) is 2.85. The van der Waals surface area contributed by atoms with Crippen molar-refractivity contribution in [3.8, 4) is 0 Å². The van der Waals surface area contributed by atoms with E-state index >= 15 is 0 Å². The maximum atomic E-state index is 4.43. The summed E-state index contributed by atoms with van der Waals surface area (Å²) < 4.78 is 0. The number of aromatic amines is 1. The lowest BCUT2D eigenvalue weighted by Crippen LogP contribution is -2.02. The Balaban J connectivity index is 1.95. The van der Waals surface area contributed by atoms with Gasteiger partial charge in [-0.05, 0) is 30.7 Å². The molecule has 3 rings (SSSR count). The molecular formula is C14H14N4. The second-order valence-corrected chi connectivity index (χ2v) is 4.28. The van der Waals surface area contributed by atoms with Crippen LogP contribution in [0.4, 0.5) is 5.69 Å². The predicted octanol–water partition coefficient (Wildman–Crippen LogP) is 2.88. The van der Waals surface area contributed by atoms with Crippen molar-refractivity contribution >= 4 is 16.6 Å². The summed E-state index contributed by atoms with van der Waals surface area (Å²) in [7, 11) is 0. The van der Waals surface area contributed by atoms with E-state index in [0.717, 1.165) is 22.4 Å². The third-order valence-corrected chi connectivity index (χ3v) is 2.85. The fourth-order valence-electron chi connectivity index (χ4n) is 2.05. The molecule has 4 heteroatoms. The highest BCUT2D eigenvalue weighted by atomic mass is 15.0. The van der Waals surface area contributed by atoms with Gasteiger partial charge in [0.25, 0.3) is 0 Å². The minimum atomic E-state index is 0.669. The summed E-state index contributed by atoms with van der Waals surface area (Å²) in [6.07, 6.45) is 5.39. The van der Waals surface area contributed by atoms with Crippen molar-refractivity contribution in [1.82, 2.24) is 15.0 Å². The van der Waals surface area contributed by atoms with Gasteiger partial charge in [0.1, 0.15) is 5.82 Å². The molecule has 0 aliphatic heterocycles. The van der Waals surface area contributed by atoms with Crippen LogP contribution in [0.3, 0.4) is 0 Å². The van der Waals surface area contributed by atoms with Crippen molar-refractivity contribution in [3.63, 3.8) is 0 Å². The Morgan fingerprint density at radius 2 is 2.17 bits per heavy atom. The Hall–Kier alpha value is -2.36. The van der Waals surface area contributed by atoms with E-state index in [2.05, 4.69) is 45.4 Å². The molecule has 0 aliphatic carbocycles. The Labute approximate surface area is 105 Å². The van der Waals surface area contributed by atoms with Gasteiger partial charge in [-0.25, -0.2) is 4.98 Å². The highest BCUT2D eigenvalue weighted by molar-refractivity contribution is 5.90. The Bertz CT molecular complexity index is 659. The molecule has 0 bridgehead atoms. The van der Waals surface area contributed by atoms with E-state index in [1.807, 2.05) is 18.5 Å². The topological polar surface area (TPSA) is 53.6 Å². The van der Waals surface area contributed by atoms with Crippen LogP contribution in [0.5, 0.6) is 0 Å². The number of pyridine rings is 1. The van der Waals surface area contributed by atoms with E-state index in [9.17, 15) is 0 Å². The fourth-order valence-corrected chi connectivity index (χ4v) is 2.05. The number of nitrogens with one attached hydrogen (secondary N) is 2. The minimum absolute atomic E-state index is 0.669. The zero-order valence-electron chi connectivity index (χ0n) is 10.1. The van der Waals surface area contributed by atoms with Gasteiger partial charge in [0.05, 0.1) is 17.7 Å². The Kier molecular flexibility index (Phi) is 2.68. The number of hydrogen-bond donors (Lipinski definition) is 2. The summed E-state index contributed by atoms with van der Waals surface area (Å²) in [6.45, 7) is 2.76. The number of benzene rings is 1. The van der Waals surface area contributed by atoms with Crippen LogP contribution >= 0.6 is 0 Å². The summed E-state index contributed by atoms with van der Waals surface area (Å²) >= 11 is 0. The van der Waals surface area contributed by atoms with Crippen LogP contribution < -0.4 is 5.32 Å². The molecule has 0 saturated heterocycles. The quantitative estimate of drug-likeness (QED) is 0.737. The molecule has 90 valence electrons. The van der Waals surface area contributed by atoms with Gasteiger partial charge in [0.2, 0.25) is 0 Å². The van der Waals surface area contributed by atoms with Gasteiger partial charge in [0.15, 0.2) is 0 Å². The molecule has 0 fully saturated rings. The van der Waals surface area contributed by atoms with Crippen LogP contribution in [0.25, 0.3) is 10.9 Å². The zero-order chi connectivity index (χ0) is 12.4. The predicted molar refractivity (Wildman–Crippen MR) is 72.4 cm³/mol. The molecule has 1 aromatic carbocycles. The summed E-state index contributed by atoms with van der Waals surface area (Å²) in [4.78, 5) is 11.7. The standard InChI is InChI=1S/C14H14N4/c1-10-7-11-3-2-4-17-14(11)12(8-10)18-9-13-15-5-6-16-13/h2-8,18H,9H2,1H3,(H,15,16). The van der Waals surface area contributed by atoms with Crippen LogP contribution in [0.2, 0.25) is 0 Å². The molecule has 0 unspecified atom stereocenters. The van der Waals surface area contributed by atoms with Gasteiger partial charge in [-0.1, -0.05) is 6.07 Å². The van der Waals surface area contributed by atoms with Crippen LogP contribution in [-0.4, -0.2) is 15.0 Å². The van der Waals surface area contributed by atoms with Crippen molar-refractivity contribution in [2.45, 2.75) is 13.5 Å². The number of nitrogens with zero attached hydrogens (tertiary/aromatic N) is 2. The van der Waals surface area contributed by atoms with E-state index in [1.165, 1.54) is 5.56 Å². The highest BCUT2D eigenvalue weighted by Gasteiger charge is 2.03. The molecule has 3 aromatic rings. The first-order valence-electron chi connectivity index (χ1n) is 5.90. The molecule has 0 aliphatic rings. The average Bonchev–Trinajstić information content (AvgIpc) is 2.89. The second-order valence-electron chi connectivity index (χ2n) is 4.28. The maximum Gasteiger partial charge on any atom is 0.125 e. The van der Waals surface area contributed by atoms with Gasteiger partial charge < -0.3 is 10.3 Å². The molecular weight excluding hydrogens is 224 g/mol. The van der Waals surface area contributed by atoms with E-state index in [4.69, 9.17) is 0 Å². The van der Waals surface area contributed by atoms with E-state index in [-0.39, 0.29) is 0 Å². The average molecular weight is 238 g/mol. The van der Waals surface area contributed by atoms with E-state index < -0.39 is 0 Å². The van der Waals surface area contributed by atoms with Gasteiger partial charge in [0, 0.05) is 24.0 Å². The summed E-state index contributed by atoms with van der Waals surface area (Å²) in [5.41, 5.74) is 3.26. The molecule has 0 amide bonds. The molecule has 4 nitrogen and oxygen atoms in total. The second kappa shape index (κ2) is 4.49. The van der Waals surface area contributed by atoms with Crippen LogP contribution in [0.1, 0.15) is 11.4 Å². The zero-order valence-corrected chi connectivity index (χ0v) is 10.1. The summed E-state index contributed by atoms with van der Waals surface area (Å²) in [5, 5.41) is 4.53. The number of aryl methyl sites for hydroxylation is 1. The van der Waals surface area contributed by atoms with Crippen molar-refractivity contribution in [2.24, 2.45) is 0 Å². The van der Waals surface area contributed by atoms with Crippen molar-refractivity contribution in [3.05, 3.63) is 54.2 Å². The van der Waals surface area contributed by atoms with Crippen LogP contribution in [0, 0.1) is 6.92 Å². The van der Waals surface area contributed by atoms with Crippen LogP contribution in [-0.2, 0) is 6.54 Å². The highest BCUT2D eigenvalue weighted by Crippen LogP contribution is 2.23. The number of rotatable bonds is 3. The Morgan fingerprint density at radius 1 is 1.22 bits per heavy atom. The van der Waals surface area contributed by atoms with Gasteiger partial charge >= 0.3 is 0 Å². The minimum Gasteiger partial charge on any atom is -0.376 e. The number of fused-ring (bicyclic) bond motifs is 1. The molecule has 0 saturated carbocycles. The first-order chi connectivity index (χ1) is 8.83. The maximum absolute atomic E-state index is 4.43. The lowest BCUT2D eigenvalue weighted by molar-refractivity contribution is 1.00. The first-order valence-corrected chi connectivity index (χ1v) is 5.90. The molecule has 0 spiro atoms. The van der Waals surface area contributed by atoms with Crippen molar-refractivity contribution in [1.29, 1.82) is 0 Å². The van der Waals surface area contributed by atoms with Crippen LogP contribution in [0.15, 0.2) is 42.9 Å². The van der Waals surface area contributed by atoms with Crippen molar-refractivity contribution in [2.75, 3.05) is 5.32 Å². The number of imidazole rings is 1. The molecule has 0 atom stereocenters. The fraction of sp³-hybridized carbons (Fsp3) is 0.143. The number of H-pyrrole nitrogens is 1. The Morgan fingerprint density at radius 3 is 3.00 bits per heavy atom. The van der Waals surface area contributed by atoms with Gasteiger partial charge in [-0.15, -0.1) is 0 Å². The molecule has 2 aromatic heterocycles. The lowest BCUT2D eigenvalue weighted by atomic mass is 10.1. The molecule has 0 radical (unpaired) electrons. The lowest BCUT2D eigenvalue weighted by Gasteiger charge is -2.09. The van der Waals surface area contributed by atoms with E-state index in [1.54, 1.807) is 6.20 Å². The third kappa shape index (κ3) is 2.05. The monoisotopic (exact) mass is 238 g/mol. The normalized spacial score (nSPS) is 10.7. The summed E-state index contributed by atoms with van der Waals surface area (Å²) in [6, 6.07) is 8.28. The van der Waals surface area contributed by atoms with Gasteiger partial charge in [-0.2, -0.15) is 0 Å². The molecule has 2 N–H and O–H groups in total. The molecule has 2 heterocycles. The number of aromatic nitrogens is 3. The molecule has 18 heavy (non-hydrogen) atoms. The van der Waals surface area contributed by atoms with Crippen molar-refractivity contribution < 1.29 is 0 Å². The van der Waals surface area contributed by atoms with E-state index in [0.29, 0.717) is 6.54 Å². The smallest absolute Gasteiger partial charge is 0.125 e.